The van der Waals surface area contributed by atoms with E-state index >= 15 is 0 Å². The number of ketones is 2. The minimum atomic E-state index is -0.757. The number of benzene rings is 1. The molecule has 0 spiro atoms. The number of carbonyl (C=O) groups excluding carboxylic acids is 3. The summed E-state index contributed by atoms with van der Waals surface area (Å²) in [7, 11) is 0. The van der Waals surface area contributed by atoms with Gasteiger partial charge in [0.05, 0.1) is 17.9 Å². The van der Waals surface area contributed by atoms with Crippen molar-refractivity contribution in [2.75, 3.05) is 6.61 Å². The molecule has 1 aromatic carbocycles. The van der Waals surface area contributed by atoms with E-state index in [4.69, 9.17) is 4.74 Å². The molecule has 1 aliphatic carbocycles. The van der Waals surface area contributed by atoms with Gasteiger partial charge in [-0.15, -0.1) is 0 Å². The lowest BCUT2D eigenvalue weighted by atomic mass is 9.72. The summed E-state index contributed by atoms with van der Waals surface area (Å²) in [6.07, 6.45) is 2.97. The smallest absolute Gasteiger partial charge is 0.338 e. The van der Waals surface area contributed by atoms with Gasteiger partial charge in [-0.2, -0.15) is 0 Å². The van der Waals surface area contributed by atoms with Gasteiger partial charge in [0.15, 0.2) is 0 Å². The van der Waals surface area contributed by atoms with Gasteiger partial charge in [-0.25, -0.2) is 4.79 Å². The van der Waals surface area contributed by atoms with Crippen LogP contribution in [0.3, 0.4) is 0 Å². The van der Waals surface area contributed by atoms with Crippen LogP contribution in [-0.4, -0.2) is 30.4 Å². The molecule has 128 valence electrons. The summed E-state index contributed by atoms with van der Waals surface area (Å²) >= 11 is 0. The Morgan fingerprint density at radius 1 is 1.21 bits per heavy atom. The average Bonchev–Trinajstić information content (AvgIpc) is 2.51. The van der Waals surface area contributed by atoms with Crippen molar-refractivity contribution in [2.45, 2.75) is 40.0 Å². The Labute approximate surface area is 142 Å². The van der Waals surface area contributed by atoms with Crippen molar-refractivity contribution in [3.63, 3.8) is 0 Å². The van der Waals surface area contributed by atoms with Crippen LogP contribution in [0, 0.1) is 11.3 Å². The van der Waals surface area contributed by atoms with Crippen LogP contribution in [0.15, 0.2) is 29.3 Å². The van der Waals surface area contributed by atoms with Crippen LogP contribution in [0.4, 0.5) is 5.69 Å². The zero-order valence-electron chi connectivity index (χ0n) is 14.4. The fourth-order valence-corrected chi connectivity index (χ4v) is 2.69. The van der Waals surface area contributed by atoms with Crippen LogP contribution >= 0.6 is 0 Å². The molecule has 24 heavy (non-hydrogen) atoms. The predicted octanol–water partition coefficient (Wildman–Crippen LogP) is 3.53. The van der Waals surface area contributed by atoms with E-state index in [1.807, 2.05) is 20.8 Å². The van der Waals surface area contributed by atoms with E-state index < -0.39 is 5.92 Å². The highest BCUT2D eigenvalue weighted by Gasteiger charge is 2.38. The summed E-state index contributed by atoms with van der Waals surface area (Å²) in [6, 6.07) is 6.58. The van der Waals surface area contributed by atoms with Crippen molar-refractivity contribution < 1.29 is 19.1 Å². The summed E-state index contributed by atoms with van der Waals surface area (Å²) in [6.45, 7) is 6.17. The second-order valence-corrected chi connectivity index (χ2v) is 6.89. The van der Waals surface area contributed by atoms with E-state index in [1.165, 1.54) is 6.21 Å². The molecule has 5 heteroatoms. The molecular formula is C19H23NO4. The molecule has 0 radical (unpaired) electrons. The van der Waals surface area contributed by atoms with Crippen LogP contribution in [0.2, 0.25) is 0 Å². The number of nitrogens with zero attached hydrogens (tertiary/aromatic N) is 1. The zero-order valence-corrected chi connectivity index (χ0v) is 14.4. The van der Waals surface area contributed by atoms with Crippen LogP contribution in [0.5, 0.6) is 0 Å². The largest absolute Gasteiger partial charge is 0.462 e. The van der Waals surface area contributed by atoms with Gasteiger partial charge in [-0.05, 0) is 36.1 Å². The van der Waals surface area contributed by atoms with Gasteiger partial charge in [0, 0.05) is 19.1 Å². The summed E-state index contributed by atoms with van der Waals surface area (Å²) in [4.78, 5) is 40.2. The number of carbonyl (C=O) groups is 3. The van der Waals surface area contributed by atoms with Gasteiger partial charge in [0.25, 0.3) is 0 Å². The first-order valence-corrected chi connectivity index (χ1v) is 8.19. The molecule has 0 aromatic heterocycles. The Morgan fingerprint density at radius 2 is 1.79 bits per heavy atom. The topological polar surface area (TPSA) is 72.8 Å². The van der Waals surface area contributed by atoms with E-state index in [1.54, 1.807) is 24.3 Å². The summed E-state index contributed by atoms with van der Waals surface area (Å²) in [5, 5.41) is 0. The SMILES string of the molecule is CCCOC(=O)c1ccc(N=CC2C(=O)CC(C)(C)CC2=O)cc1. The van der Waals surface area contributed by atoms with Crippen LogP contribution in [-0.2, 0) is 14.3 Å². The Kier molecular flexibility index (Phi) is 5.65. The van der Waals surface area contributed by atoms with Crippen molar-refractivity contribution in [1.29, 1.82) is 0 Å². The molecule has 1 fully saturated rings. The number of hydrogen-bond donors (Lipinski definition) is 0. The second-order valence-electron chi connectivity index (χ2n) is 6.89. The van der Waals surface area contributed by atoms with Crippen molar-refractivity contribution in [3.8, 4) is 0 Å². The van der Waals surface area contributed by atoms with Crippen molar-refractivity contribution in [3.05, 3.63) is 29.8 Å². The number of esters is 1. The number of hydrogen-bond acceptors (Lipinski definition) is 5. The molecule has 0 saturated heterocycles. The molecule has 0 amide bonds. The molecule has 0 heterocycles. The van der Waals surface area contributed by atoms with Gasteiger partial charge in [-0.1, -0.05) is 20.8 Å². The van der Waals surface area contributed by atoms with Crippen LogP contribution in [0.1, 0.15) is 50.4 Å². The van der Waals surface area contributed by atoms with Crippen molar-refractivity contribution in [1.82, 2.24) is 0 Å². The molecule has 0 bridgehead atoms. The number of aliphatic imine (C=N–C) groups is 1. The average molecular weight is 329 g/mol. The Balaban J connectivity index is 2.03. The quantitative estimate of drug-likeness (QED) is 0.470. The minimum absolute atomic E-state index is 0.0836. The fraction of sp³-hybridized carbons (Fsp3) is 0.474. The first-order valence-electron chi connectivity index (χ1n) is 8.19. The molecular weight excluding hydrogens is 306 g/mol. The summed E-state index contributed by atoms with van der Waals surface area (Å²) < 4.78 is 5.05. The molecule has 1 aromatic rings. The standard InChI is InChI=1S/C19H23NO4/c1-4-9-24-18(23)13-5-7-14(8-6-13)20-12-15-16(21)10-19(2,3)11-17(15)22/h5-8,12,15H,4,9-11H2,1-3H3. The molecule has 0 aliphatic heterocycles. The monoisotopic (exact) mass is 329 g/mol. The first-order chi connectivity index (χ1) is 11.3. The third kappa shape index (κ3) is 4.60. The Bertz CT molecular complexity index is 638. The number of ether oxygens (including phenoxy) is 1. The maximum absolute atomic E-state index is 12.1. The second kappa shape index (κ2) is 7.51. The number of Topliss-reactive ketones (excluding diaryl/α,β-unsaturated/α-hetero) is 2. The Morgan fingerprint density at radius 3 is 2.33 bits per heavy atom. The molecule has 5 nitrogen and oxygen atoms in total. The lowest BCUT2D eigenvalue weighted by Gasteiger charge is -2.30. The lowest BCUT2D eigenvalue weighted by molar-refractivity contribution is -0.136. The van der Waals surface area contributed by atoms with E-state index in [9.17, 15) is 14.4 Å². The summed E-state index contributed by atoms with van der Waals surface area (Å²) in [5.74, 6) is -1.29. The van der Waals surface area contributed by atoms with Gasteiger partial charge >= 0.3 is 5.97 Å². The van der Waals surface area contributed by atoms with Gasteiger partial charge in [0.2, 0.25) is 0 Å². The highest BCUT2D eigenvalue weighted by Crippen LogP contribution is 2.33. The van der Waals surface area contributed by atoms with Crippen LogP contribution in [0.25, 0.3) is 0 Å². The molecule has 0 unspecified atom stereocenters. The minimum Gasteiger partial charge on any atom is -0.462 e. The maximum atomic E-state index is 12.1. The predicted molar refractivity (Wildman–Crippen MR) is 91.7 cm³/mol. The van der Waals surface area contributed by atoms with E-state index in [-0.39, 0.29) is 23.0 Å². The van der Waals surface area contributed by atoms with E-state index in [2.05, 4.69) is 4.99 Å². The molecule has 0 atom stereocenters. The van der Waals surface area contributed by atoms with Gasteiger partial charge < -0.3 is 4.74 Å². The van der Waals surface area contributed by atoms with Gasteiger partial charge in [0.1, 0.15) is 17.5 Å². The molecule has 2 rings (SSSR count). The van der Waals surface area contributed by atoms with Crippen molar-refractivity contribution in [2.24, 2.45) is 16.3 Å². The molecule has 0 N–H and O–H groups in total. The number of rotatable bonds is 5. The summed E-state index contributed by atoms with van der Waals surface area (Å²) in [5.41, 5.74) is 0.778. The highest BCUT2D eigenvalue weighted by molar-refractivity contribution is 6.16. The Hall–Kier alpha value is -2.30. The van der Waals surface area contributed by atoms with E-state index in [0.29, 0.717) is 30.7 Å². The zero-order chi connectivity index (χ0) is 17.7. The van der Waals surface area contributed by atoms with Gasteiger partial charge in [-0.3, -0.25) is 14.6 Å². The van der Waals surface area contributed by atoms with E-state index in [0.717, 1.165) is 6.42 Å². The fourth-order valence-electron chi connectivity index (χ4n) is 2.69. The lowest BCUT2D eigenvalue weighted by Crippen LogP contribution is -2.38. The van der Waals surface area contributed by atoms with Crippen LogP contribution < -0.4 is 0 Å². The van der Waals surface area contributed by atoms with Crippen molar-refractivity contribution >= 4 is 29.4 Å². The molecule has 1 aliphatic rings. The normalized spacial score (nSPS) is 18.1. The maximum Gasteiger partial charge on any atom is 0.338 e. The first kappa shape index (κ1) is 18.0. The third-order valence-electron chi connectivity index (χ3n) is 3.91. The highest BCUT2D eigenvalue weighted by atomic mass is 16.5. The molecule has 1 saturated carbocycles. The third-order valence-corrected chi connectivity index (χ3v) is 3.91.